The number of hydrogen-bond acceptors (Lipinski definition) is 2. The summed E-state index contributed by atoms with van der Waals surface area (Å²) in [4.78, 5) is 15.4. The maximum Gasteiger partial charge on any atom is 0.309 e. The molecule has 0 atom stereocenters. The van der Waals surface area contributed by atoms with Gasteiger partial charge in [-0.3, -0.25) is 9.20 Å². The van der Waals surface area contributed by atoms with Crippen molar-refractivity contribution >= 4 is 11.5 Å². The Hall–Kier alpha value is -2.62. The smallest absolute Gasteiger partial charge is 0.309 e. The van der Waals surface area contributed by atoms with E-state index in [0.29, 0.717) is 5.69 Å². The maximum atomic E-state index is 10.9. The third-order valence-corrected chi connectivity index (χ3v) is 2.98. The summed E-state index contributed by atoms with van der Waals surface area (Å²) in [5.41, 5.74) is 2.40. The number of fused-ring (bicyclic) bond motifs is 1. The SMILES string of the molecule is O=C(O)Cc1nc(-c2ccccc2)n2ccccc12. The van der Waals surface area contributed by atoms with Crippen LogP contribution in [-0.4, -0.2) is 20.5 Å². The van der Waals surface area contributed by atoms with Crippen LogP contribution < -0.4 is 0 Å². The summed E-state index contributed by atoms with van der Waals surface area (Å²) in [6.07, 6.45) is 1.83. The van der Waals surface area contributed by atoms with Gasteiger partial charge in [0.2, 0.25) is 0 Å². The normalized spacial score (nSPS) is 10.7. The second-order valence-electron chi connectivity index (χ2n) is 4.27. The van der Waals surface area contributed by atoms with Gasteiger partial charge >= 0.3 is 5.97 Å². The molecule has 0 saturated heterocycles. The number of hydrogen-bond donors (Lipinski definition) is 1. The molecule has 19 heavy (non-hydrogen) atoms. The molecule has 0 saturated carbocycles. The lowest BCUT2D eigenvalue weighted by Crippen LogP contribution is -2.00. The number of rotatable bonds is 3. The molecule has 0 aliphatic heterocycles. The maximum absolute atomic E-state index is 10.9. The summed E-state index contributed by atoms with van der Waals surface area (Å²) in [6.45, 7) is 0. The van der Waals surface area contributed by atoms with Crippen LogP contribution in [0.15, 0.2) is 54.7 Å². The summed E-state index contributed by atoms with van der Waals surface area (Å²) in [7, 11) is 0. The Morgan fingerprint density at radius 3 is 2.58 bits per heavy atom. The Morgan fingerprint density at radius 2 is 1.84 bits per heavy atom. The highest BCUT2D eigenvalue weighted by atomic mass is 16.4. The largest absolute Gasteiger partial charge is 0.481 e. The van der Waals surface area contributed by atoms with Crippen molar-refractivity contribution in [1.82, 2.24) is 9.38 Å². The van der Waals surface area contributed by atoms with Gasteiger partial charge in [0.1, 0.15) is 5.82 Å². The Labute approximate surface area is 110 Å². The first kappa shape index (κ1) is 11.5. The summed E-state index contributed by atoms with van der Waals surface area (Å²) >= 11 is 0. The molecule has 0 radical (unpaired) electrons. The molecule has 0 fully saturated rings. The van der Waals surface area contributed by atoms with E-state index in [1.807, 2.05) is 59.1 Å². The van der Waals surface area contributed by atoms with Crippen molar-refractivity contribution in [1.29, 1.82) is 0 Å². The van der Waals surface area contributed by atoms with E-state index in [-0.39, 0.29) is 6.42 Å². The predicted molar refractivity (Wildman–Crippen MR) is 72.0 cm³/mol. The quantitative estimate of drug-likeness (QED) is 0.779. The molecule has 1 aromatic carbocycles. The number of aromatic nitrogens is 2. The lowest BCUT2D eigenvalue weighted by atomic mass is 10.2. The average Bonchev–Trinajstić information content (AvgIpc) is 2.78. The molecule has 3 rings (SSSR count). The summed E-state index contributed by atoms with van der Waals surface area (Å²) < 4.78 is 1.92. The zero-order valence-electron chi connectivity index (χ0n) is 10.2. The van der Waals surface area contributed by atoms with Crippen LogP contribution in [0.5, 0.6) is 0 Å². The highest BCUT2D eigenvalue weighted by molar-refractivity contribution is 5.75. The Bertz CT molecular complexity index is 732. The fraction of sp³-hybridized carbons (Fsp3) is 0.0667. The lowest BCUT2D eigenvalue weighted by molar-refractivity contribution is -0.136. The molecule has 1 N–H and O–H groups in total. The van der Waals surface area contributed by atoms with Gasteiger partial charge in [0, 0.05) is 11.8 Å². The molecule has 0 bridgehead atoms. The Balaban J connectivity index is 2.23. The fourth-order valence-electron chi connectivity index (χ4n) is 2.17. The van der Waals surface area contributed by atoms with Gasteiger partial charge in [0.05, 0.1) is 17.6 Å². The van der Waals surface area contributed by atoms with Gasteiger partial charge in [-0.25, -0.2) is 4.98 Å². The molecule has 0 amide bonds. The molecule has 94 valence electrons. The summed E-state index contributed by atoms with van der Waals surface area (Å²) in [5, 5.41) is 8.96. The lowest BCUT2D eigenvalue weighted by Gasteiger charge is -2.00. The van der Waals surface area contributed by atoms with E-state index in [1.165, 1.54) is 0 Å². The van der Waals surface area contributed by atoms with Gasteiger partial charge in [0.15, 0.2) is 0 Å². The number of nitrogens with zero attached hydrogens (tertiary/aromatic N) is 2. The first-order chi connectivity index (χ1) is 9.25. The zero-order valence-corrected chi connectivity index (χ0v) is 10.2. The van der Waals surface area contributed by atoms with Crippen molar-refractivity contribution in [2.45, 2.75) is 6.42 Å². The van der Waals surface area contributed by atoms with Gasteiger partial charge < -0.3 is 5.11 Å². The third kappa shape index (κ3) is 2.08. The van der Waals surface area contributed by atoms with Gasteiger partial charge in [-0.05, 0) is 12.1 Å². The van der Waals surface area contributed by atoms with E-state index in [1.54, 1.807) is 0 Å². The van der Waals surface area contributed by atoms with Crippen LogP contribution >= 0.6 is 0 Å². The molecule has 0 aliphatic rings. The summed E-state index contributed by atoms with van der Waals surface area (Å²) in [5.74, 6) is -0.101. The standard InChI is InChI=1S/C15H12N2O2/c18-14(19)10-12-13-8-4-5-9-17(13)15(16-12)11-6-2-1-3-7-11/h1-9H,10H2,(H,18,19). The average molecular weight is 252 g/mol. The molecule has 4 heteroatoms. The number of imidazole rings is 1. The van der Waals surface area contributed by atoms with Crippen molar-refractivity contribution < 1.29 is 9.90 Å². The number of carbonyl (C=O) groups is 1. The first-order valence-electron chi connectivity index (χ1n) is 5.99. The van der Waals surface area contributed by atoms with Crippen LogP contribution in [0.2, 0.25) is 0 Å². The van der Waals surface area contributed by atoms with Crippen LogP contribution in [0, 0.1) is 0 Å². The minimum absolute atomic E-state index is 0.0691. The molecular formula is C15H12N2O2. The van der Waals surface area contributed by atoms with Crippen molar-refractivity contribution in [3.8, 4) is 11.4 Å². The number of carboxylic acids is 1. The Morgan fingerprint density at radius 1 is 1.11 bits per heavy atom. The zero-order chi connectivity index (χ0) is 13.2. The van der Waals surface area contributed by atoms with Crippen LogP contribution in [0.4, 0.5) is 0 Å². The van der Waals surface area contributed by atoms with Crippen molar-refractivity contribution in [3.05, 3.63) is 60.4 Å². The van der Waals surface area contributed by atoms with Crippen LogP contribution in [0.3, 0.4) is 0 Å². The van der Waals surface area contributed by atoms with E-state index >= 15 is 0 Å². The van der Waals surface area contributed by atoms with Gasteiger partial charge in [-0.2, -0.15) is 0 Å². The molecule has 2 heterocycles. The highest BCUT2D eigenvalue weighted by Gasteiger charge is 2.14. The van der Waals surface area contributed by atoms with Crippen molar-refractivity contribution in [2.75, 3.05) is 0 Å². The topological polar surface area (TPSA) is 54.6 Å². The van der Waals surface area contributed by atoms with Crippen LogP contribution in [0.25, 0.3) is 16.9 Å². The first-order valence-corrected chi connectivity index (χ1v) is 5.99. The van der Waals surface area contributed by atoms with Gasteiger partial charge in [0.25, 0.3) is 0 Å². The number of benzene rings is 1. The van der Waals surface area contributed by atoms with Gasteiger partial charge in [-0.15, -0.1) is 0 Å². The van der Waals surface area contributed by atoms with Crippen molar-refractivity contribution in [2.24, 2.45) is 0 Å². The summed E-state index contributed by atoms with van der Waals surface area (Å²) in [6, 6.07) is 15.4. The second kappa shape index (κ2) is 4.57. The fourth-order valence-corrected chi connectivity index (χ4v) is 2.17. The molecule has 0 unspecified atom stereocenters. The highest BCUT2D eigenvalue weighted by Crippen LogP contribution is 2.22. The van der Waals surface area contributed by atoms with E-state index in [4.69, 9.17) is 5.11 Å². The third-order valence-electron chi connectivity index (χ3n) is 2.98. The predicted octanol–water partition coefficient (Wildman–Crippen LogP) is 2.63. The Kier molecular flexibility index (Phi) is 2.76. The molecule has 0 spiro atoms. The minimum atomic E-state index is -0.872. The molecule has 3 aromatic rings. The second-order valence-corrected chi connectivity index (χ2v) is 4.27. The van der Waals surface area contributed by atoms with Crippen molar-refractivity contribution in [3.63, 3.8) is 0 Å². The van der Waals surface area contributed by atoms with E-state index in [9.17, 15) is 4.79 Å². The van der Waals surface area contributed by atoms with Crippen LogP contribution in [-0.2, 0) is 11.2 Å². The van der Waals surface area contributed by atoms with E-state index in [2.05, 4.69) is 4.98 Å². The minimum Gasteiger partial charge on any atom is -0.481 e. The molecular weight excluding hydrogens is 240 g/mol. The monoisotopic (exact) mass is 252 g/mol. The van der Waals surface area contributed by atoms with E-state index < -0.39 is 5.97 Å². The molecule has 0 aliphatic carbocycles. The number of pyridine rings is 1. The molecule has 2 aromatic heterocycles. The number of aliphatic carboxylic acids is 1. The molecule has 4 nitrogen and oxygen atoms in total. The van der Waals surface area contributed by atoms with E-state index in [0.717, 1.165) is 16.9 Å². The van der Waals surface area contributed by atoms with Gasteiger partial charge in [-0.1, -0.05) is 36.4 Å². The van der Waals surface area contributed by atoms with Crippen LogP contribution in [0.1, 0.15) is 5.69 Å². The number of carboxylic acid groups (broad SMARTS) is 1.